The van der Waals surface area contributed by atoms with Crippen molar-refractivity contribution in [2.45, 2.75) is 52.4 Å². The van der Waals surface area contributed by atoms with E-state index in [4.69, 9.17) is 9.97 Å². The summed E-state index contributed by atoms with van der Waals surface area (Å²) in [6, 6.07) is 16.8. The highest BCUT2D eigenvalue weighted by Gasteiger charge is 2.34. The number of hydrogen-bond acceptors (Lipinski definition) is 6. The van der Waals surface area contributed by atoms with Crippen molar-refractivity contribution in [3.05, 3.63) is 70.4 Å². The number of carbonyl (C=O) groups is 2. The van der Waals surface area contributed by atoms with Gasteiger partial charge in [0.2, 0.25) is 11.8 Å². The quantitative estimate of drug-likeness (QED) is 0.233. The fraction of sp³-hybridized carbons (Fsp3) is 0.333. The SMILES string of the molecule is CC[C@@H](C)c1ccc(-c2csc(N3CC(=O)N(c4nc(-c5ccc([C@H](C)CC)cc5)cs4)CC3=O)n2)cc1. The van der Waals surface area contributed by atoms with Gasteiger partial charge in [-0.2, -0.15) is 0 Å². The van der Waals surface area contributed by atoms with Crippen molar-refractivity contribution in [3.63, 3.8) is 0 Å². The van der Waals surface area contributed by atoms with E-state index >= 15 is 0 Å². The van der Waals surface area contributed by atoms with E-state index in [2.05, 4.69) is 76.2 Å². The molecular formula is C30H32N4O2S2. The number of rotatable bonds is 8. The van der Waals surface area contributed by atoms with E-state index in [1.165, 1.54) is 43.6 Å². The topological polar surface area (TPSA) is 66.4 Å². The Kier molecular flexibility index (Phi) is 7.72. The largest absolute Gasteiger partial charge is 0.277 e. The Morgan fingerprint density at radius 1 is 0.684 bits per heavy atom. The molecule has 8 heteroatoms. The fourth-order valence-electron chi connectivity index (χ4n) is 4.44. The number of piperazine rings is 1. The molecule has 1 aliphatic rings. The molecule has 0 aliphatic carbocycles. The average Bonchev–Trinajstić information content (AvgIpc) is 3.64. The summed E-state index contributed by atoms with van der Waals surface area (Å²) in [5.41, 5.74) is 6.24. The number of anilines is 2. The van der Waals surface area contributed by atoms with Crippen molar-refractivity contribution in [1.29, 1.82) is 0 Å². The van der Waals surface area contributed by atoms with Gasteiger partial charge in [-0.15, -0.1) is 22.7 Å². The van der Waals surface area contributed by atoms with E-state index < -0.39 is 0 Å². The molecule has 6 nitrogen and oxygen atoms in total. The zero-order valence-electron chi connectivity index (χ0n) is 22.2. The van der Waals surface area contributed by atoms with Crippen LogP contribution in [-0.2, 0) is 9.59 Å². The number of benzene rings is 2. The van der Waals surface area contributed by atoms with Crippen LogP contribution in [-0.4, -0.2) is 34.9 Å². The zero-order valence-corrected chi connectivity index (χ0v) is 23.8. The summed E-state index contributed by atoms with van der Waals surface area (Å²) in [5, 5.41) is 4.98. The maximum Gasteiger partial charge on any atom is 0.249 e. The molecule has 5 rings (SSSR count). The van der Waals surface area contributed by atoms with Crippen molar-refractivity contribution in [3.8, 4) is 22.5 Å². The molecule has 0 radical (unpaired) electrons. The lowest BCUT2D eigenvalue weighted by molar-refractivity contribution is -0.125. The van der Waals surface area contributed by atoms with E-state index in [0.29, 0.717) is 22.1 Å². The van der Waals surface area contributed by atoms with Crippen LogP contribution < -0.4 is 9.80 Å². The van der Waals surface area contributed by atoms with Crippen LogP contribution in [0.15, 0.2) is 59.3 Å². The minimum atomic E-state index is -0.160. The van der Waals surface area contributed by atoms with Gasteiger partial charge < -0.3 is 0 Å². The van der Waals surface area contributed by atoms with Gasteiger partial charge >= 0.3 is 0 Å². The molecule has 1 saturated heterocycles. The van der Waals surface area contributed by atoms with Gasteiger partial charge in [-0.1, -0.05) is 76.2 Å². The normalized spacial score (nSPS) is 15.7. The van der Waals surface area contributed by atoms with Gasteiger partial charge in [0, 0.05) is 21.9 Å². The Morgan fingerprint density at radius 2 is 1.05 bits per heavy atom. The van der Waals surface area contributed by atoms with Crippen LogP contribution in [0, 0.1) is 0 Å². The van der Waals surface area contributed by atoms with Crippen LogP contribution in [0.4, 0.5) is 10.3 Å². The molecule has 1 fully saturated rings. The number of carbonyl (C=O) groups excluding carboxylic acids is 2. The first-order valence-electron chi connectivity index (χ1n) is 13.1. The summed E-state index contributed by atoms with van der Waals surface area (Å²) >= 11 is 2.77. The van der Waals surface area contributed by atoms with Crippen LogP contribution in [0.2, 0.25) is 0 Å². The minimum absolute atomic E-state index is 0.0444. The molecule has 1 aliphatic heterocycles. The van der Waals surface area contributed by atoms with Gasteiger partial charge in [0.25, 0.3) is 0 Å². The summed E-state index contributed by atoms with van der Waals surface area (Å²) in [6.45, 7) is 8.71. The minimum Gasteiger partial charge on any atom is -0.277 e. The van der Waals surface area contributed by atoms with Gasteiger partial charge in [0.15, 0.2) is 10.3 Å². The highest BCUT2D eigenvalue weighted by molar-refractivity contribution is 7.14. The molecule has 0 saturated carbocycles. The fourth-order valence-corrected chi connectivity index (χ4v) is 6.15. The lowest BCUT2D eigenvalue weighted by Gasteiger charge is -2.30. The van der Waals surface area contributed by atoms with Crippen LogP contribution in [0.25, 0.3) is 22.5 Å². The molecule has 4 aromatic rings. The standard InChI is InChI=1S/C30H32N4O2S2/c1-5-19(3)21-7-11-23(12-8-21)25-17-37-29(31-25)33-15-28(36)34(16-27(33)35)30-32-26(18-38-30)24-13-9-22(10-14-24)20(4)6-2/h7-14,17-20H,5-6,15-16H2,1-4H3/t19-,20-/m1/s1. The monoisotopic (exact) mass is 544 g/mol. The smallest absolute Gasteiger partial charge is 0.249 e. The predicted molar refractivity (Wildman–Crippen MR) is 157 cm³/mol. The van der Waals surface area contributed by atoms with Crippen molar-refractivity contribution < 1.29 is 9.59 Å². The van der Waals surface area contributed by atoms with Crippen LogP contribution in [0.1, 0.15) is 63.5 Å². The summed E-state index contributed by atoms with van der Waals surface area (Å²) in [5.74, 6) is 0.706. The maximum atomic E-state index is 13.1. The van der Waals surface area contributed by atoms with Crippen molar-refractivity contribution >= 4 is 44.8 Å². The lowest BCUT2D eigenvalue weighted by atomic mass is 9.97. The van der Waals surface area contributed by atoms with E-state index in [0.717, 1.165) is 35.4 Å². The van der Waals surface area contributed by atoms with Gasteiger partial charge in [-0.25, -0.2) is 9.97 Å². The molecule has 0 bridgehead atoms. The molecular weight excluding hydrogens is 512 g/mol. The molecule has 0 spiro atoms. The zero-order chi connectivity index (χ0) is 26.8. The van der Waals surface area contributed by atoms with Crippen molar-refractivity contribution in [2.75, 3.05) is 22.9 Å². The summed E-state index contributed by atoms with van der Waals surface area (Å²) in [7, 11) is 0. The first kappa shape index (κ1) is 26.3. The molecule has 2 aromatic carbocycles. The highest BCUT2D eigenvalue weighted by atomic mass is 32.1. The molecule has 196 valence electrons. The highest BCUT2D eigenvalue weighted by Crippen LogP contribution is 2.33. The number of nitrogens with zero attached hydrogens (tertiary/aromatic N) is 4. The summed E-state index contributed by atoms with van der Waals surface area (Å²) < 4.78 is 0. The van der Waals surface area contributed by atoms with Gasteiger partial charge in [-0.05, 0) is 35.8 Å². The Labute approximate surface area is 232 Å². The average molecular weight is 545 g/mol. The second kappa shape index (κ2) is 11.2. The molecule has 38 heavy (non-hydrogen) atoms. The van der Waals surface area contributed by atoms with E-state index in [1.54, 1.807) is 0 Å². The van der Waals surface area contributed by atoms with Gasteiger partial charge in [-0.3, -0.25) is 19.4 Å². The number of hydrogen-bond donors (Lipinski definition) is 0. The van der Waals surface area contributed by atoms with Crippen LogP contribution in [0.5, 0.6) is 0 Å². The maximum absolute atomic E-state index is 13.1. The van der Waals surface area contributed by atoms with Gasteiger partial charge in [0.1, 0.15) is 13.1 Å². The molecule has 2 aromatic heterocycles. The number of thiazole rings is 2. The number of aromatic nitrogens is 2. The molecule has 0 N–H and O–H groups in total. The number of amides is 2. The second-order valence-corrected chi connectivity index (χ2v) is 11.5. The summed E-state index contributed by atoms with van der Waals surface area (Å²) in [6.07, 6.45) is 2.19. The summed E-state index contributed by atoms with van der Waals surface area (Å²) in [4.78, 5) is 38.6. The van der Waals surface area contributed by atoms with Crippen molar-refractivity contribution in [2.24, 2.45) is 0 Å². The Bertz CT molecular complexity index is 1320. The lowest BCUT2D eigenvalue weighted by Crippen LogP contribution is -2.54. The second-order valence-electron chi connectivity index (χ2n) is 9.85. The molecule has 3 heterocycles. The van der Waals surface area contributed by atoms with E-state index in [-0.39, 0.29) is 24.9 Å². The van der Waals surface area contributed by atoms with Crippen molar-refractivity contribution in [1.82, 2.24) is 9.97 Å². The van der Waals surface area contributed by atoms with Crippen LogP contribution in [0.3, 0.4) is 0 Å². The molecule has 0 unspecified atom stereocenters. The Hall–Kier alpha value is -3.36. The molecule has 2 amide bonds. The van der Waals surface area contributed by atoms with E-state index in [9.17, 15) is 9.59 Å². The first-order valence-corrected chi connectivity index (χ1v) is 14.9. The van der Waals surface area contributed by atoms with E-state index in [1.807, 2.05) is 10.8 Å². The first-order chi connectivity index (χ1) is 18.4. The third kappa shape index (κ3) is 5.28. The Balaban J connectivity index is 1.28. The van der Waals surface area contributed by atoms with Gasteiger partial charge in [0.05, 0.1) is 11.4 Å². The molecule has 2 atom stereocenters. The predicted octanol–water partition coefficient (Wildman–Crippen LogP) is 7.34. The third-order valence-electron chi connectivity index (χ3n) is 7.41. The third-order valence-corrected chi connectivity index (χ3v) is 9.14. The Morgan fingerprint density at radius 3 is 1.39 bits per heavy atom. The van der Waals surface area contributed by atoms with Crippen LogP contribution >= 0.6 is 22.7 Å².